The van der Waals surface area contributed by atoms with Crippen LogP contribution in [0.1, 0.15) is 26.7 Å². The van der Waals surface area contributed by atoms with Gasteiger partial charge >= 0.3 is 0 Å². The molecule has 2 aliphatic heterocycles. The molecule has 1 saturated carbocycles. The van der Waals surface area contributed by atoms with Crippen LogP contribution in [0.2, 0.25) is 0 Å². The molecule has 156 valence electrons. The molecule has 28 heavy (non-hydrogen) atoms. The Morgan fingerprint density at radius 1 is 1.39 bits per heavy atom. The third kappa shape index (κ3) is 3.62. The minimum atomic E-state index is 0. The van der Waals surface area contributed by atoms with Gasteiger partial charge in [-0.25, -0.2) is 0 Å². The van der Waals surface area contributed by atoms with E-state index in [0.29, 0.717) is 31.2 Å². The van der Waals surface area contributed by atoms with Gasteiger partial charge in [-0.3, -0.25) is 14.5 Å². The van der Waals surface area contributed by atoms with Crippen LogP contribution in [0.3, 0.4) is 0 Å². The Labute approximate surface area is 183 Å². The Morgan fingerprint density at radius 3 is 2.82 bits per heavy atom. The van der Waals surface area contributed by atoms with Gasteiger partial charge in [0, 0.05) is 57.4 Å². The second-order valence-electron chi connectivity index (χ2n) is 8.43. The van der Waals surface area contributed by atoms with E-state index in [1.807, 2.05) is 13.2 Å². The number of aromatic nitrogens is 2. The first kappa shape index (κ1) is 21.4. The lowest BCUT2D eigenvalue weighted by Gasteiger charge is -2.60. The van der Waals surface area contributed by atoms with Gasteiger partial charge in [-0.2, -0.15) is 5.10 Å². The van der Waals surface area contributed by atoms with E-state index >= 15 is 0 Å². The molecule has 9 heteroatoms. The summed E-state index contributed by atoms with van der Waals surface area (Å²) in [4.78, 5) is 21.0. The molecule has 3 unspecified atom stereocenters. The number of halogens is 1. The fourth-order valence-electron chi connectivity index (χ4n) is 4.93. The lowest BCUT2D eigenvalue weighted by Crippen LogP contribution is -2.71. The van der Waals surface area contributed by atoms with Crippen molar-refractivity contribution in [1.82, 2.24) is 20.0 Å². The summed E-state index contributed by atoms with van der Waals surface area (Å²) in [5.41, 5.74) is 0.926. The normalized spacial score (nSPS) is 29.6. The highest BCUT2D eigenvalue weighted by molar-refractivity contribution is 14.0. The molecule has 8 nitrogen and oxygen atoms in total. The summed E-state index contributed by atoms with van der Waals surface area (Å²) >= 11 is 0. The Kier molecular flexibility index (Phi) is 6.23. The number of piperazine rings is 1. The lowest BCUT2D eigenvalue weighted by atomic mass is 9.55. The van der Waals surface area contributed by atoms with Crippen LogP contribution in [0.4, 0.5) is 5.69 Å². The van der Waals surface area contributed by atoms with E-state index in [9.17, 15) is 4.79 Å². The molecule has 1 aromatic rings. The van der Waals surface area contributed by atoms with Gasteiger partial charge in [0.05, 0.1) is 18.0 Å². The fourth-order valence-corrected chi connectivity index (χ4v) is 4.93. The third-order valence-corrected chi connectivity index (χ3v) is 6.35. The topological polar surface area (TPSA) is 75.0 Å². The highest BCUT2D eigenvalue weighted by Gasteiger charge is 2.58. The summed E-state index contributed by atoms with van der Waals surface area (Å²) in [5, 5.41) is 7.82. The number of nitrogens with one attached hydrogen (secondary N) is 1. The second-order valence-corrected chi connectivity index (χ2v) is 8.43. The van der Waals surface area contributed by atoms with Crippen LogP contribution in [0.5, 0.6) is 0 Å². The molecule has 1 N–H and O–H groups in total. The monoisotopic (exact) mass is 502 g/mol. The molecular formula is C19H31IN6O2. The van der Waals surface area contributed by atoms with E-state index < -0.39 is 0 Å². The van der Waals surface area contributed by atoms with Gasteiger partial charge in [-0.05, 0) is 12.8 Å². The highest BCUT2D eigenvalue weighted by Crippen LogP contribution is 2.51. The lowest BCUT2D eigenvalue weighted by molar-refractivity contribution is -0.188. The number of carbonyl (C=O) groups is 1. The maximum Gasteiger partial charge on any atom is 0.246 e. The summed E-state index contributed by atoms with van der Waals surface area (Å²) in [6.45, 7) is 7.10. The van der Waals surface area contributed by atoms with Crippen molar-refractivity contribution < 1.29 is 9.53 Å². The van der Waals surface area contributed by atoms with E-state index in [2.05, 4.69) is 34.2 Å². The average Bonchev–Trinajstić information content (AvgIpc) is 3.08. The number of hydrogen-bond acceptors (Lipinski definition) is 4. The quantitative estimate of drug-likeness (QED) is 0.377. The van der Waals surface area contributed by atoms with Crippen molar-refractivity contribution in [3.8, 4) is 0 Å². The molecule has 4 rings (SSSR count). The van der Waals surface area contributed by atoms with Gasteiger partial charge in [0.1, 0.15) is 6.54 Å². The summed E-state index contributed by atoms with van der Waals surface area (Å²) in [6.07, 6.45) is 6.25. The van der Waals surface area contributed by atoms with Crippen molar-refractivity contribution in [1.29, 1.82) is 0 Å². The number of aliphatic imine (C=N–C) groups is 1. The molecule has 3 heterocycles. The van der Waals surface area contributed by atoms with Crippen molar-refractivity contribution >= 4 is 41.5 Å². The van der Waals surface area contributed by atoms with E-state index in [-0.39, 0.29) is 35.3 Å². The zero-order valence-corrected chi connectivity index (χ0v) is 19.4. The van der Waals surface area contributed by atoms with Gasteiger partial charge in [0.15, 0.2) is 5.96 Å². The number of anilines is 1. The van der Waals surface area contributed by atoms with Crippen LogP contribution in [0, 0.1) is 11.3 Å². The maximum atomic E-state index is 12.7. The Morgan fingerprint density at radius 2 is 2.18 bits per heavy atom. The van der Waals surface area contributed by atoms with Gasteiger partial charge in [-0.15, -0.1) is 24.0 Å². The van der Waals surface area contributed by atoms with Crippen molar-refractivity contribution in [3.63, 3.8) is 0 Å². The molecular weight excluding hydrogens is 471 g/mol. The van der Waals surface area contributed by atoms with Gasteiger partial charge in [0.25, 0.3) is 0 Å². The second kappa shape index (κ2) is 8.17. The number of hydrogen-bond donors (Lipinski definition) is 1. The van der Waals surface area contributed by atoms with Crippen LogP contribution < -0.4 is 10.2 Å². The number of guanidine groups is 1. The van der Waals surface area contributed by atoms with Gasteiger partial charge < -0.3 is 19.9 Å². The third-order valence-electron chi connectivity index (χ3n) is 6.35. The number of ether oxygens (including phenoxy) is 1. The van der Waals surface area contributed by atoms with Crippen molar-refractivity contribution in [3.05, 3.63) is 12.4 Å². The summed E-state index contributed by atoms with van der Waals surface area (Å²) in [7, 11) is 3.65. The smallest absolute Gasteiger partial charge is 0.246 e. The number of rotatable bonds is 2. The zero-order valence-electron chi connectivity index (χ0n) is 17.1. The zero-order chi connectivity index (χ0) is 19.2. The first-order chi connectivity index (χ1) is 12.9. The minimum absolute atomic E-state index is 0. The summed E-state index contributed by atoms with van der Waals surface area (Å²) in [6, 6.07) is 0.327. The van der Waals surface area contributed by atoms with Gasteiger partial charge in [-0.1, -0.05) is 13.8 Å². The van der Waals surface area contributed by atoms with Crippen molar-refractivity contribution in [2.75, 3.05) is 38.2 Å². The SMILES string of the molecule is CN=C(NC1C2CCCOC2C1(C)C)N1CCN(c2cnn(C)c2)C(=O)C1.I. The standard InChI is InChI=1S/C19H30N6O2.HI/c1-19(2)16(14-6-5-9-27-17(14)19)22-18(20-3)24-7-8-25(15(26)12-24)13-10-21-23(4)11-13;/h10-11,14,16-17H,5-9,12H2,1-4H3,(H,20,22);1H. The average molecular weight is 502 g/mol. The molecule has 3 atom stereocenters. The Bertz CT molecular complexity index is 749. The van der Waals surface area contributed by atoms with Crippen LogP contribution in [-0.4, -0.2) is 72.0 Å². The fraction of sp³-hybridized carbons (Fsp3) is 0.737. The van der Waals surface area contributed by atoms with Crippen molar-refractivity contribution in [2.45, 2.75) is 38.8 Å². The molecule has 0 radical (unpaired) electrons. The summed E-state index contributed by atoms with van der Waals surface area (Å²) < 4.78 is 7.72. The molecule has 1 amide bonds. The van der Waals surface area contributed by atoms with Gasteiger partial charge in [0.2, 0.25) is 5.91 Å². The maximum absolute atomic E-state index is 12.7. The van der Waals surface area contributed by atoms with E-state index in [4.69, 9.17) is 4.74 Å². The molecule has 1 aliphatic carbocycles. The molecule has 3 aliphatic rings. The van der Waals surface area contributed by atoms with Crippen LogP contribution >= 0.6 is 24.0 Å². The molecule has 1 aromatic heterocycles. The van der Waals surface area contributed by atoms with Crippen LogP contribution in [0.25, 0.3) is 0 Å². The molecule has 0 spiro atoms. The number of carbonyl (C=O) groups excluding carboxylic acids is 1. The number of nitrogens with zero attached hydrogens (tertiary/aromatic N) is 5. The van der Waals surface area contributed by atoms with Crippen LogP contribution in [0.15, 0.2) is 17.4 Å². The van der Waals surface area contributed by atoms with E-state index in [1.54, 1.807) is 22.8 Å². The van der Waals surface area contributed by atoms with E-state index in [0.717, 1.165) is 31.2 Å². The number of fused-ring (bicyclic) bond motifs is 1. The minimum Gasteiger partial charge on any atom is -0.377 e. The molecule has 0 bridgehead atoms. The van der Waals surface area contributed by atoms with E-state index in [1.165, 1.54) is 6.42 Å². The summed E-state index contributed by atoms with van der Waals surface area (Å²) in [5.74, 6) is 1.41. The Hall–Kier alpha value is -1.36. The predicted octanol–water partition coefficient (Wildman–Crippen LogP) is 1.47. The highest BCUT2D eigenvalue weighted by atomic mass is 127. The predicted molar refractivity (Wildman–Crippen MR) is 119 cm³/mol. The molecule has 0 aromatic carbocycles. The molecule has 2 saturated heterocycles. The first-order valence-corrected chi connectivity index (χ1v) is 9.80. The number of aryl methyl sites for hydroxylation is 1. The number of amides is 1. The van der Waals surface area contributed by atoms with Crippen LogP contribution in [-0.2, 0) is 16.6 Å². The Balaban J connectivity index is 0.00000225. The molecule has 3 fully saturated rings. The first-order valence-electron chi connectivity index (χ1n) is 9.80. The largest absolute Gasteiger partial charge is 0.377 e. The van der Waals surface area contributed by atoms with Crippen molar-refractivity contribution in [2.24, 2.45) is 23.4 Å².